The Bertz CT molecular complexity index is 556. The molecule has 0 amide bonds. The molecule has 0 heterocycles. The van der Waals surface area contributed by atoms with Crippen LogP contribution in [-0.4, -0.2) is 21.6 Å². The Morgan fingerprint density at radius 1 is 1.44 bits per heavy atom. The number of hydrogen-bond donors (Lipinski definition) is 2. The Morgan fingerprint density at radius 2 is 2.11 bits per heavy atom. The van der Waals surface area contributed by atoms with Crippen LogP contribution in [0.25, 0.3) is 0 Å². The SMILES string of the molecule is COc1cc(Br)c(N)cc1S(=O)(=O)NC1CCC1. The number of rotatable bonds is 4. The van der Waals surface area contributed by atoms with E-state index in [0.717, 1.165) is 19.3 Å². The van der Waals surface area contributed by atoms with Gasteiger partial charge in [0.1, 0.15) is 10.6 Å². The summed E-state index contributed by atoms with van der Waals surface area (Å²) in [7, 11) is -2.15. The van der Waals surface area contributed by atoms with Crippen molar-refractivity contribution in [1.82, 2.24) is 4.72 Å². The molecule has 0 spiro atoms. The van der Waals surface area contributed by atoms with E-state index < -0.39 is 10.0 Å². The number of hydrogen-bond acceptors (Lipinski definition) is 4. The van der Waals surface area contributed by atoms with Gasteiger partial charge >= 0.3 is 0 Å². The Balaban J connectivity index is 2.38. The normalized spacial score (nSPS) is 16.3. The summed E-state index contributed by atoms with van der Waals surface area (Å²) < 4.78 is 32.8. The molecule has 18 heavy (non-hydrogen) atoms. The highest BCUT2D eigenvalue weighted by Gasteiger charge is 2.27. The van der Waals surface area contributed by atoms with Crippen LogP contribution in [0.15, 0.2) is 21.5 Å². The van der Waals surface area contributed by atoms with Gasteiger partial charge in [-0.05, 0) is 40.9 Å². The quantitative estimate of drug-likeness (QED) is 0.823. The molecule has 100 valence electrons. The zero-order valence-electron chi connectivity index (χ0n) is 9.94. The van der Waals surface area contributed by atoms with Crippen molar-refractivity contribution in [3.63, 3.8) is 0 Å². The van der Waals surface area contributed by atoms with E-state index in [2.05, 4.69) is 20.7 Å². The summed E-state index contributed by atoms with van der Waals surface area (Å²) in [6.07, 6.45) is 2.83. The third-order valence-corrected chi connectivity index (χ3v) is 5.23. The summed E-state index contributed by atoms with van der Waals surface area (Å²) in [5, 5.41) is 0. The van der Waals surface area contributed by atoms with E-state index in [4.69, 9.17) is 10.5 Å². The molecular formula is C11H15BrN2O3S. The number of nitrogens with one attached hydrogen (secondary N) is 1. The van der Waals surface area contributed by atoms with Crippen LogP contribution in [0.2, 0.25) is 0 Å². The van der Waals surface area contributed by atoms with Crippen molar-refractivity contribution in [1.29, 1.82) is 0 Å². The molecule has 0 aromatic heterocycles. The number of nitrogens with two attached hydrogens (primary N) is 1. The second kappa shape index (κ2) is 5.07. The Labute approximate surface area is 115 Å². The molecule has 1 aromatic rings. The third-order valence-electron chi connectivity index (χ3n) is 3.00. The molecule has 5 nitrogen and oxygen atoms in total. The maximum absolute atomic E-state index is 12.2. The number of methoxy groups -OCH3 is 1. The van der Waals surface area contributed by atoms with Crippen molar-refractivity contribution in [2.45, 2.75) is 30.2 Å². The standard InChI is InChI=1S/C11H15BrN2O3S/c1-17-10-5-8(12)9(13)6-11(10)18(15,16)14-7-3-2-4-7/h5-7,14H,2-4,13H2,1H3. The molecule has 1 saturated carbocycles. The van der Waals surface area contributed by atoms with E-state index in [-0.39, 0.29) is 16.7 Å². The van der Waals surface area contributed by atoms with Gasteiger partial charge in [-0.2, -0.15) is 0 Å². The first-order chi connectivity index (χ1) is 8.44. The van der Waals surface area contributed by atoms with Crippen molar-refractivity contribution >= 4 is 31.6 Å². The van der Waals surface area contributed by atoms with E-state index in [0.29, 0.717) is 10.2 Å². The number of ether oxygens (including phenoxy) is 1. The molecule has 3 N–H and O–H groups in total. The molecule has 0 aliphatic heterocycles. The highest BCUT2D eigenvalue weighted by Crippen LogP contribution is 2.33. The van der Waals surface area contributed by atoms with Gasteiger partial charge in [-0.25, -0.2) is 13.1 Å². The average molecular weight is 335 g/mol. The molecule has 1 aliphatic carbocycles. The number of nitrogen functional groups attached to an aromatic ring is 1. The fourth-order valence-electron chi connectivity index (χ4n) is 1.73. The molecule has 0 radical (unpaired) electrons. The van der Waals surface area contributed by atoms with Crippen molar-refractivity contribution < 1.29 is 13.2 Å². The predicted octanol–water partition coefficient (Wildman–Crippen LogP) is 1.87. The van der Waals surface area contributed by atoms with Crippen LogP contribution in [0.5, 0.6) is 5.75 Å². The van der Waals surface area contributed by atoms with Crippen molar-refractivity contribution in [3.8, 4) is 5.75 Å². The van der Waals surface area contributed by atoms with E-state index in [1.165, 1.54) is 13.2 Å². The molecule has 7 heteroatoms. The second-order valence-corrected chi connectivity index (χ2v) is 6.81. The first-order valence-corrected chi connectivity index (χ1v) is 7.87. The van der Waals surface area contributed by atoms with Crippen LogP contribution in [0.3, 0.4) is 0 Å². The first-order valence-electron chi connectivity index (χ1n) is 5.59. The van der Waals surface area contributed by atoms with E-state index >= 15 is 0 Å². The van der Waals surface area contributed by atoms with Gasteiger partial charge in [-0.3, -0.25) is 0 Å². The number of benzene rings is 1. The van der Waals surface area contributed by atoms with Gasteiger partial charge in [0.2, 0.25) is 10.0 Å². The topological polar surface area (TPSA) is 81.4 Å². The Hall–Kier alpha value is -0.790. The zero-order chi connectivity index (χ0) is 13.3. The highest BCUT2D eigenvalue weighted by molar-refractivity contribution is 9.10. The Kier molecular flexibility index (Phi) is 3.84. The molecule has 0 bridgehead atoms. The summed E-state index contributed by atoms with van der Waals surface area (Å²) in [6.45, 7) is 0. The highest BCUT2D eigenvalue weighted by atomic mass is 79.9. The van der Waals surface area contributed by atoms with Gasteiger partial charge in [-0.15, -0.1) is 0 Å². The van der Waals surface area contributed by atoms with E-state index in [9.17, 15) is 8.42 Å². The minimum Gasteiger partial charge on any atom is -0.495 e. The molecule has 0 saturated heterocycles. The minimum absolute atomic E-state index is 0.0320. The first kappa shape index (κ1) is 13.6. The molecule has 1 aliphatic rings. The van der Waals surface area contributed by atoms with Crippen LogP contribution < -0.4 is 15.2 Å². The fourth-order valence-corrected chi connectivity index (χ4v) is 3.54. The zero-order valence-corrected chi connectivity index (χ0v) is 12.3. The fraction of sp³-hybridized carbons (Fsp3) is 0.455. The van der Waals surface area contributed by atoms with Crippen molar-refractivity contribution in [2.75, 3.05) is 12.8 Å². The van der Waals surface area contributed by atoms with Crippen molar-refractivity contribution in [3.05, 3.63) is 16.6 Å². The van der Waals surface area contributed by atoms with Crippen LogP contribution in [0, 0.1) is 0 Å². The summed E-state index contributed by atoms with van der Waals surface area (Å²) >= 11 is 3.24. The molecule has 1 aromatic carbocycles. The van der Waals surface area contributed by atoms with Gasteiger partial charge < -0.3 is 10.5 Å². The van der Waals surface area contributed by atoms with Gasteiger partial charge in [0.15, 0.2) is 0 Å². The molecule has 0 unspecified atom stereocenters. The molecular weight excluding hydrogens is 320 g/mol. The minimum atomic E-state index is -3.58. The molecule has 0 atom stereocenters. The Morgan fingerprint density at radius 3 is 2.61 bits per heavy atom. The number of anilines is 1. The average Bonchev–Trinajstić information content (AvgIpc) is 2.27. The smallest absolute Gasteiger partial charge is 0.244 e. The number of sulfonamides is 1. The lowest BCUT2D eigenvalue weighted by Gasteiger charge is -2.26. The monoisotopic (exact) mass is 334 g/mol. The van der Waals surface area contributed by atoms with E-state index in [1.807, 2.05) is 0 Å². The maximum Gasteiger partial charge on any atom is 0.244 e. The van der Waals surface area contributed by atoms with Crippen LogP contribution in [0.1, 0.15) is 19.3 Å². The lowest BCUT2D eigenvalue weighted by atomic mass is 9.94. The van der Waals surface area contributed by atoms with Gasteiger partial charge in [0, 0.05) is 16.2 Å². The lowest BCUT2D eigenvalue weighted by Crippen LogP contribution is -2.39. The van der Waals surface area contributed by atoms with E-state index in [1.54, 1.807) is 6.07 Å². The van der Waals surface area contributed by atoms with Crippen LogP contribution in [0.4, 0.5) is 5.69 Å². The third kappa shape index (κ3) is 2.62. The van der Waals surface area contributed by atoms with Crippen LogP contribution in [-0.2, 0) is 10.0 Å². The molecule has 1 fully saturated rings. The second-order valence-electron chi connectivity index (χ2n) is 4.27. The summed E-state index contributed by atoms with van der Waals surface area (Å²) in [5.41, 5.74) is 6.09. The predicted molar refractivity (Wildman–Crippen MR) is 73.1 cm³/mol. The summed E-state index contributed by atoms with van der Waals surface area (Å²) in [4.78, 5) is 0.0811. The largest absolute Gasteiger partial charge is 0.495 e. The lowest BCUT2D eigenvalue weighted by molar-refractivity contribution is 0.379. The molecule has 2 rings (SSSR count). The maximum atomic E-state index is 12.2. The number of halogens is 1. The van der Waals surface area contributed by atoms with Crippen LogP contribution >= 0.6 is 15.9 Å². The van der Waals surface area contributed by atoms with Gasteiger partial charge in [0.25, 0.3) is 0 Å². The van der Waals surface area contributed by atoms with Gasteiger partial charge in [0.05, 0.1) is 7.11 Å². The summed E-state index contributed by atoms with van der Waals surface area (Å²) in [5.74, 6) is 0.280. The van der Waals surface area contributed by atoms with Gasteiger partial charge in [-0.1, -0.05) is 6.42 Å². The summed E-state index contributed by atoms with van der Waals surface area (Å²) in [6, 6.07) is 3.00. The van der Waals surface area contributed by atoms with Crippen molar-refractivity contribution in [2.24, 2.45) is 0 Å².